The van der Waals surface area contributed by atoms with Gasteiger partial charge in [-0.05, 0) is 22.9 Å². The molecular weight excluding hydrogens is 196 g/mol. The molecule has 10 heavy (non-hydrogen) atoms. The highest BCUT2D eigenvalue weighted by atomic mass is 79.9. The minimum absolute atomic E-state index is 0.322. The van der Waals surface area contributed by atoms with Crippen molar-refractivity contribution in [3.05, 3.63) is 16.4 Å². The fourth-order valence-corrected chi connectivity index (χ4v) is 1.09. The van der Waals surface area contributed by atoms with E-state index in [0.717, 1.165) is 10.2 Å². The van der Waals surface area contributed by atoms with E-state index in [9.17, 15) is 0 Å². The second-order valence-electron chi connectivity index (χ2n) is 2.25. The number of hydrogen-bond acceptors (Lipinski definition) is 2. The highest BCUT2D eigenvalue weighted by Crippen LogP contribution is 2.13. The molecular formula is C6H9BrN2O. The van der Waals surface area contributed by atoms with Gasteiger partial charge >= 0.3 is 0 Å². The number of aliphatic hydroxyl groups excluding tert-OH is 1. The van der Waals surface area contributed by atoms with E-state index < -0.39 is 0 Å². The van der Waals surface area contributed by atoms with Gasteiger partial charge in [-0.25, -0.2) is 0 Å². The lowest BCUT2D eigenvalue weighted by molar-refractivity contribution is 0.194. The number of halogens is 1. The summed E-state index contributed by atoms with van der Waals surface area (Å²) in [6, 6.07) is 0. The number of hydrogen-bond donors (Lipinski definition) is 2. The highest BCUT2D eigenvalue weighted by Gasteiger charge is 2.04. The Morgan fingerprint density at radius 2 is 2.60 bits per heavy atom. The predicted molar refractivity (Wildman–Crippen MR) is 41.7 cm³/mol. The Balaban J connectivity index is 2.65. The van der Waals surface area contributed by atoms with Crippen LogP contribution < -0.4 is 0 Å². The lowest BCUT2D eigenvalue weighted by atomic mass is 10.2. The molecule has 4 heteroatoms. The molecule has 2 N–H and O–H groups in total. The summed E-state index contributed by atoms with van der Waals surface area (Å²) in [6.45, 7) is 1.74. The van der Waals surface area contributed by atoms with Crippen molar-refractivity contribution in [2.24, 2.45) is 0 Å². The number of rotatable bonds is 2. The van der Waals surface area contributed by atoms with Gasteiger partial charge in [-0.1, -0.05) is 0 Å². The molecule has 0 radical (unpaired) electrons. The molecule has 0 bridgehead atoms. The molecule has 0 fully saturated rings. The molecule has 1 aromatic rings. The van der Waals surface area contributed by atoms with E-state index in [2.05, 4.69) is 26.1 Å². The van der Waals surface area contributed by atoms with Gasteiger partial charge in [0.15, 0.2) is 0 Å². The van der Waals surface area contributed by atoms with Crippen LogP contribution in [0, 0.1) is 0 Å². The van der Waals surface area contributed by atoms with Crippen molar-refractivity contribution in [2.45, 2.75) is 19.4 Å². The second kappa shape index (κ2) is 3.16. The first-order valence-electron chi connectivity index (χ1n) is 3.06. The Morgan fingerprint density at radius 3 is 3.00 bits per heavy atom. The van der Waals surface area contributed by atoms with Crippen molar-refractivity contribution >= 4 is 15.9 Å². The Labute approximate surface area is 67.6 Å². The molecule has 0 aliphatic carbocycles. The monoisotopic (exact) mass is 204 g/mol. The van der Waals surface area contributed by atoms with Crippen LogP contribution in [0.5, 0.6) is 0 Å². The summed E-state index contributed by atoms with van der Waals surface area (Å²) in [7, 11) is 0. The molecule has 0 unspecified atom stereocenters. The van der Waals surface area contributed by atoms with Crippen molar-refractivity contribution in [2.75, 3.05) is 0 Å². The third-order valence-corrected chi connectivity index (χ3v) is 1.85. The summed E-state index contributed by atoms with van der Waals surface area (Å²) in [5.41, 5.74) is 0.940. The van der Waals surface area contributed by atoms with Crippen LogP contribution in [0.2, 0.25) is 0 Å². The molecule has 0 aliphatic rings. The standard InChI is InChI=1S/C6H9BrN2O/c1-4(10)2-6-5(7)3-8-9-6/h3-4,10H,2H2,1H3,(H,8,9)/t4-/m0/s1. The quantitative estimate of drug-likeness (QED) is 0.759. The maximum absolute atomic E-state index is 8.98. The normalized spacial score (nSPS) is 13.5. The molecule has 56 valence electrons. The van der Waals surface area contributed by atoms with Gasteiger partial charge in [0.1, 0.15) is 0 Å². The van der Waals surface area contributed by atoms with Crippen LogP contribution in [-0.4, -0.2) is 21.4 Å². The van der Waals surface area contributed by atoms with Crippen LogP contribution in [0.1, 0.15) is 12.6 Å². The van der Waals surface area contributed by atoms with E-state index in [1.165, 1.54) is 0 Å². The van der Waals surface area contributed by atoms with E-state index in [4.69, 9.17) is 5.11 Å². The zero-order valence-corrected chi connectivity index (χ0v) is 7.22. The van der Waals surface area contributed by atoms with Crippen LogP contribution in [-0.2, 0) is 6.42 Å². The molecule has 0 spiro atoms. The lowest BCUT2D eigenvalue weighted by Gasteiger charge is -2.00. The lowest BCUT2D eigenvalue weighted by Crippen LogP contribution is -2.04. The number of H-pyrrole nitrogens is 1. The van der Waals surface area contributed by atoms with E-state index >= 15 is 0 Å². The number of nitrogens with zero attached hydrogens (tertiary/aromatic N) is 1. The van der Waals surface area contributed by atoms with Crippen LogP contribution in [0.4, 0.5) is 0 Å². The van der Waals surface area contributed by atoms with Crippen molar-refractivity contribution in [3.63, 3.8) is 0 Å². The van der Waals surface area contributed by atoms with Crippen LogP contribution >= 0.6 is 15.9 Å². The molecule has 0 saturated carbocycles. The van der Waals surface area contributed by atoms with Gasteiger partial charge in [0.2, 0.25) is 0 Å². The molecule has 0 saturated heterocycles. The van der Waals surface area contributed by atoms with Gasteiger partial charge in [0, 0.05) is 6.42 Å². The third-order valence-electron chi connectivity index (χ3n) is 1.17. The van der Waals surface area contributed by atoms with Crippen LogP contribution in [0.3, 0.4) is 0 Å². The average molecular weight is 205 g/mol. The summed E-state index contributed by atoms with van der Waals surface area (Å²) >= 11 is 3.29. The van der Waals surface area contributed by atoms with Gasteiger partial charge in [0.25, 0.3) is 0 Å². The average Bonchev–Trinajstić information content (AvgIpc) is 2.15. The van der Waals surface area contributed by atoms with Crippen molar-refractivity contribution < 1.29 is 5.11 Å². The zero-order valence-electron chi connectivity index (χ0n) is 5.63. The smallest absolute Gasteiger partial charge is 0.0632 e. The number of aliphatic hydroxyl groups is 1. The van der Waals surface area contributed by atoms with Gasteiger partial charge < -0.3 is 5.11 Å². The summed E-state index contributed by atoms with van der Waals surface area (Å²) < 4.78 is 0.924. The van der Waals surface area contributed by atoms with Gasteiger partial charge in [-0.2, -0.15) is 5.10 Å². The van der Waals surface area contributed by atoms with E-state index in [-0.39, 0.29) is 6.10 Å². The number of nitrogens with one attached hydrogen (secondary N) is 1. The largest absolute Gasteiger partial charge is 0.393 e. The number of aromatic nitrogens is 2. The molecule has 0 aromatic carbocycles. The Bertz CT molecular complexity index is 209. The molecule has 1 atom stereocenters. The highest BCUT2D eigenvalue weighted by molar-refractivity contribution is 9.10. The van der Waals surface area contributed by atoms with Crippen molar-refractivity contribution in [1.82, 2.24) is 10.2 Å². The molecule has 0 amide bonds. The van der Waals surface area contributed by atoms with Gasteiger partial charge in [-0.15, -0.1) is 0 Å². The SMILES string of the molecule is C[C@H](O)Cc1[nH]ncc1Br. The molecule has 1 heterocycles. The van der Waals surface area contributed by atoms with E-state index in [0.29, 0.717) is 6.42 Å². The second-order valence-corrected chi connectivity index (χ2v) is 3.10. The van der Waals surface area contributed by atoms with Crippen LogP contribution in [0.25, 0.3) is 0 Å². The topological polar surface area (TPSA) is 48.9 Å². The van der Waals surface area contributed by atoms with Crippen molar-refractivity contribution in [3.8, 4) is 0 Å². The van der Waals surface area contributed by atoms with Crippen LogP contribution in [0.15, 0.2) is 10.7 Å². The Morgan fingerprint density at radius 1 is 1.90 bits per heavy atom. The van der Waals surface area contributed by atoms with Crippen molar-refractivity contribution in [1.29, 1.82) is 0 Å². The first-order valence-corrected chi connectivity index (χ1v) is 3.85. The minimum Gasteiger partial charge on any atom is -0.393 e. The summed E-state index contributed by atoms with van der Waals surface area (Å²) in [6.07, 6.45) is 1.97. The Kier molecular flexibility index (Phi) is 2.45. The molecule has 1 rings (SSSR count). The maximum atomic E-state index is 8.98. The first-order chi connectivity index (χ1) is 4.70. The van der Waals surface area contributed by atoms with E-state index in [1.807, 2.05) is 0 Å². The minimum atomic E-state index is -0.322. The van der Waals surface area contributed by atoms with Gasteiger partial charge in [-0.3, -0.25) is 5.10 Å². The molecule has 0 aliphatic heterocycles. The Hall–Kier alpha value is -0.350. The summed E-state index contributed by atoms with van der Waals surface area (Å²) in [5.74, 6) is 0. The van der Waals surface area contributed by atoms with E-state index in [1.54, 1.807) is 13.1 Å². The first kappa shape index (κ1) is 7.75. The zero-order chi connectivity index (χ0) is 7.56. The summed E-state index contributed by atoms with van der Waals surface area (Å²) in [4.78, 5) is 0. The fourth-order valence-electron chi connectivity index (χ4n) is 0.737. The number of aromatic amines is 1. The predicted octanol–water partition coefficient (Wildman–Crippen LogP) is 1.10. The molecule has 1 aromatic heterocycles. The molecule has 3 nitrogen and oxygen atoms in total. The third kappa shape index (κ3) is 1.82. The summed E-state index contributed by atoms with van der Waals surface area (Å²) in [5, 5.41) is 15.6. The van der Waals surface area contributed by atoms with Gasteiger partial charge in [0.05, 0.1) is 22.5 Å². The fraction of sp³-hybridized carbons (Fsp3) is 0.500. The maximum Gasteiger partial charge on any atom is 0.0632 e.